The van der Waals surface area contributed by atoms with Crippen molar-refractivity contribution in [3.63, 3.8) is 0 Å². The third-order valence-electron chi connectivity index (χ3n) is 7.18. The van der Waals surface area contributed by atoms with E-state index in [2.05, 4.69) is 40.4 Å². The van der Waals surface area contributed by atoms with Gasteiger partial charge in [0.15, 0.2) is 17.3 Å². The van der Waals surface area contributed by atoms with Crippen LogP contribution in [0.25, 0.3) is 5.69 Å². The molecule has 0 aliphatic carbocycles. The minimum absolute atomic E-state index is 0.165. The van der Waals surface area contributed by atoms with E-state index in [9.17, 15) is 13.6 Å². The number of nitrogens with one attached hydrogen (secondary N) is 1. The van der Waals surface area contributed by atoms with E-state index in [1.54, 1.807) is 25.1 Å². The van der Waals surface area contributed by atoms with Crippen LogP contribution in [0.15, 0.2) is 90.8 Å². The first-order valence-corrected chi connectivity index (χ1v) is 14.6. The number of aryl methyl sites for hydroxylation is 1. The molecule has 5 rings (SSSR count). The van der Waals surface area contributed by atoms with Crippen molar-refractivity contribution in [2.45, 2.75) is 38.8 Å². The fourth-order valence-electron chi connectivity index (χ4n) is 4.93. The van der Waals surface area contributed by atoms with Crippen LogP contribution in [0.5, 0.6) is 11.5 Å². The Kier molecular flexibility index (Phi) is 8.94. The van der Waals surface area contributed by atoms with E-state index in [1.165, 1.54) is 35.0 Å². The predicted octanol–water partition coefficient (Wildman–Crippen LogP) is 6.67. The number of benzene rings is 2. The van der Waals surface area contributed by atoms with Gasteiger partial charge in [-0.2, -0.15) is 9.49 Å². The number of hydrogen-bond acceptors (Lipinski definition) is 7. The summed E-state index contributed by atoms with van der Waals surface area (Å²) in [5.74, 6) is -0.897. The Balaban J connectivity index is 1.35. The van der Waals surface area contributed by atoms with Crippen LogP contribution in [0.1, 0.15) is 35.7 Å². The maximum absolute atomic E-state index is 14.1. The number of allylic oxidation sites excluding steroid dienone is 3. The maximum atomic E-state index is 14.1. The van der Waals surface area contributed by atoms with E-state index >= 15 is 0 Å². The molecular weight excluding hydrogens is 556 g/mol. The Morgan fingerprint density at radius 1 is 1.21 bits per heavy atom. The number of nitrogen functional groups attached to an aromatic ring is 1. The molecule has 2 unspecified atom stereocenters. The number of ketones is 1. The Bertz CT molecular complexity index is 1590. The molecule has 1 saturated heterocycles. The summed E-state index contributed by atoms with van der Waals surface area (Å²) in [6, 6.07) is 8.18. The van der Waals surface area contributed by atoms with Crippen LogP contribution in [-0.4, -0.2) is 44.3 Å². The van der Waals surface area contributed by atoms with Gasteiger partial charge in [0.05, 0.1) is 23.5 Å². The SMILES string of the molecule is C=C1C=CC(N2CCCS2)/C(C)=C\CC=CC(C(=O)c2cnn(-c3ccc(Oc4cccc(F)c4F)cc3C)c2N)N1. The molecule has 2 aliphatic rings. The molecule has 3 heterocycles. The minimum Gasteiger partial charge on any atom is -0.454 e. The average Bonchev–Trinajstić information content (AvgIpc) is 3.62. The van der Waals surface area contributed by atoms with Gasteiger partial charge in [0, 0.05) is 18.0 Å². The second kappa shape index (κ2) is 12.8. The number of aromatic nitrogens is 2. The molecule has 0 amide bonds. The van der Waals surface area contributed by atoms with E-state index < -0.39 is 17.7 Å². The van der Waals surface area contributed by atoms with Gasteiger partial charge in [0.2, 0.25) is 5.82 Å². The summed E-state index contributed by atoms with van der Waals surface area (Å²) < 4.78 is 37.0. The molecule has 42 heavy (non-hydrogen) atoms. The molecule has 0 saturated carbocycles. The predicted molar refractivity (Wildman–Crippen MR) is 164 cm³/mol. The summed E-state index contributed by atoms with van der Waals surface area (Å²) in [4.78, 5) is 13.7. The van der Waals surface area contributed by atoms with Crippen molar-refractivity contribution in [2.75, 3.05) is 18.0 Å². The van der Waals surface area contributed by atoms with Crippen molar-refractivity contribution in [2.24, 2.45) is 0 Å². The molecule has 0 spiro atoms. The smallest absolute Gasteiger partial charge is 0.201 e. The zero-order valence-electron chi connectivity index (χ0n) is 23.5. The number of nitrogens with two attached hydrogens (primary N) is 1. The summed E-state index contributed by atoms with van der Waals surface area (Å²) in [6.07, 6.45) is 13.3. The van der Waals surface area contributed by atoms with Crippen LogP contribution in [0.2, 0.25) is 0 Å². The Morgan fingerprint density at radius 3 is 2.81 bits per heavy atom. The van der Waals surface area contributed by atoms with E-state index in [1.807, 2.05) is 30.2 Å². The summed E-state index contributed by atoms with van der Waals surface area (Å²) in [5, 5.41) is 7.62. The van der Waals surface area contributed by atoms with Gasteiger partial charge in [0.25, 0.3) is 0 Å². The van der Waals surface area contributed by atoms with Gasteiger partial charge in [-0.05, 0) is 68.7 Å². The number of anilines is 1. The summed E-state index contributed by atoms with van der Waals surface area (Å²) in [6.45, 7) is 9.10. The van der Waals surface area contributed by atoms with E-state index in [-0.39, 0.29) is 29.0 Å². The lowest BCUT2D eigenvalue weighted by Gasteiger charge is -2.24. The number of ether oxygens (including phenoxy) is 1. The fraction of sp³-hybridized carbons (Fsp3) is 0.250. The molecule has 0 radical (unpaired) electrons. The Labute approximate surface area is 248 Å². The van der Waals surface area contributed by atoms with Crippen LogP contribution in [0.4, 0.5) is 14.6 Å². The number of carbonyl (C=O) groups is 1. The van der Waals surface area contributed by atoms with Gasteiger partial charge in [-0.15, -0.1) is 0 Å². The number of rotatable bonds is 6. The third-order valence-corrected chi connectivity index (χ3v) is 8.39. The molecule has 218 valence electrons. The molecule has 10 heteroatoms. The van der Waals surface area contributed by atoms with Crippen LogP contribution >= 0.6 is 11.9 Å². The number of halogens is 2. The number of nitrogens with zero attached hydrogens (tertiary/aromatic N) is 3. The van der Waals surface area contributed by atoms with Crippen LogP contribution in [0.3, 0.4) is 0 Å². The first-order valence-electron chi connectivity index (χ1n) is 13.7. The zero-order valence-corrected chi connectivity index (χ0v) is 24.3. The average molecular weight is 590 g/mol. The third kappa shape index (κ3) is 6.34. The van der Waals surface area contributed by atoms with Crippen LogP contribution < -0.4 is 15.8 Å². The normalized spacial score (nSPS) is 21.0. The number of carbonyl (C=O) groups excluding carboxylic acids is 1. The van der Waals surface area contributed by atoms with E-state index in [4.69, 9.17) is 10.5 Å². The van der Waals surface area contributed by atoms with Crippen molar-refractivity contribution in [1.29, 1.82) is 0 Å². The van der Waals surface area contributed by atoms with Gasteiger partial charge < -0.3 is 15.8 Å². The van der Waals surface area contributed by atoms with Crippen molar-refractivity contribution < 1.29 is 18.3 Å². The van der Waals surface area contributed by atoms with Crippen LogP contribution in [0, 0.1) is 18.6 Å². The highest BCUT2D eigenvalue weighted by molar-refractivity contribution is 7.97. The highest BCUT2D eigenvalue weighted by Gasteiger charge is 2.25. The molecule has 3 N–H and O–H groups in total. The quantitative estimate of drug-likeness (QED) is 0.189. The molecule has 1 fully saturated rings. The molecule has 0 bridgehead atoms. The Morgan fingerprint density at radius 2 is 2.05 bits per heavy atom. The monoisotopic (exact) mass is 589 g/mol. The van der Waals surface area contributed by atoms with Crippen molar-refractivity contribution in [3.8, 4) is 17.2 Å². The van der Waals surface area contributed by atoms with E-state index in [0.717, 1.165) is 18.4 Å². The minimum atomic E-state index is -1.06. The standard InChI is InChI=1S/C32H33F2N5O2S/c1-20-8-4-5-10-26(37-22(3)12-14-27(20)38-16-7-17-42-38)31(40)24-19-36-39(32(24)35)28-15-13-23(18-21(28)2)41-29-11-6-9-25(33)30(29)34/h5-6,8-15,18-19,26-27,37H,3-4,7,16-17,35H2,1-2H3/b10-5?,14-12?,20-8-. The summed E-state index contributed by atoms with van der Waals surface area (Å²) in [7, 11) is 0. The first kappa shape index (κ1) is 29.3. The lowest BCUT2D eigenvalue weighted by molar-refractivity contribution is 0.0968. The topological polar surface area (TPSA) is 85.4 Å². The van der Waals surface area contributed by atoms with Gasteiger partial charge >= 0.3 is 0 Å². The second-order valence-corrected chi connectivity index (χ2v) is 11.3. The highest BCUT2D eigenvalue weighted by Crippen LogP contribution is 2.30. The molecule has 2 aliphatic heterocycles. The highest BCUT2D eigenvalue weighted by atomic mass is 32.2. The zero-order chi connectivity index (χ0) is 29.8. The second-order valence-electron chi connectivity index (χ2n) is 10.2. The van der Waals surface area contributed by atoms with Gasteiger partial charge in [-0.3, -0.25) is 4.79 Å². The van der Waals surface area contributed by atoms with Crippen molar-refractivity contribution in [1.82, 2.24) is 19.4 Å². The molecule has 7 nitrogen and oxygen atoms in total. The van der Waals surface area contributed by atoms with Crippen molar-refractivity contribution >= 4 is 23.5 Å². The lowest BCUT2D eigenvalue weighted by Crippen LogP contribution is -2.34. The molecule has 2 aromatic carbocycles. The molecule has 1 aromatic heterocycles. The number of Topliss-reactive ketones (excluding diaryl/α,β-unsaturated/α-hetero) is 1. The van der Waals surface area contributed by atoms with Crippen molar-refractivity contribution in [3.05, 3.63) is 114 Å². The number of hydrogen-bond donors (Lipinski definition) is 2. The van der Waals surface area contributed by atoms with Gasteiger partial charge in [-0.1, -0.05) is 54.5 Å². The van der Waals surface area contributed by atoms with E-state index in [0.29, 0.717) is 29.1 Å². The molecule has 3 aromatic rings. The van der Waals surface area contributed by atoms with Crippen LogP contribution in [-0.2, 0) is 0 Å². The fourth-order valence-corrected chi connectivity index (χ4v) is 6.08. The first-order chi connectivity index (χ1) is 20.2. The van der Waals surface area contributed by atoms with Gasteiger partial charge in [-0.25, -0.2) is 13.4 Å². The largest absolute Gasteiger partial charge is 0.454 e. The summed E-state index contributed by atoms with van der Waals surface area (Å²) >= 11 is 1.86. The Hall–Kier alpha value is -4.15. The molecule has 2 atom stereocenters. The lowest BCUT2D eigenvalue weighted by atomic mass is 10.0. The van der Waals surface area contributed by atoms with Gasteiger partial charge in [0.1, 0.15) is 17.6 Å². The summed E-state index contributed by atoms with van der Waals surface area (Å²) in [5.41, 5.74) is 9.91. The molecular formula is C32H33F2N5O2S. The maximum Gasteiger partial charge on any atom is 0.201 e.